The van der Waals surface area contributed by atoms with E-state index in [9.17, 15) is 22.7 Å². The van der Waals surface area contributed by atoms with Gasteiger partial charge in [0, 0.05) is 43.1 Å². The van der Waals surface area contributed by atoms with Gasteiger partial charge in [-0.3, -0.25) is 4.79 Å². The SMILES string of the molecule is CC(C)CC#Cc1ccc2c(c1)O[C@H](CN(C)C(=O)c1cccc(F)c1)[C@@H](C)CN([C@H](C)CO)S2(=O)=O. The molecule has 1 aliphatic rings. The Morgan fingerprint density at radius 3 is 2.62 bits per heavy atom. The van der Waals surface area contributed by atoms with Gasteiger partial charge in [0.2, 0.25) is 10.0 Å². The number of aliphatic hydroxyl groups is 1. The molecule has 7 nitrogen and oxygen atoms in total. The number of hydrogen-bond acceptors (Lipinski definition) is 5. The number of rotatable bonds is 6. The van der Waals surface area contributed by atoms with Gasteiger partial charge in [0.15, 0.2) is 0 Å². The fourth-order valence-corrected chi connectivity index (χ4v) is 5.90. The van der Waals surface area contributed by atoms with E-state index in [0.717, 1.165) is 0 Å². The first-order valence-electron chi connectivity index (χ1n) is 12.4. The van der Waals surface area contributed by atoms with Crippen LogP contribution in [0.15, 0.2) is 47.4 Å². The summed E-state index contributed by atoms with van der Waals surface area (Å²) in [5.74, 6) is 5.50. The van der Waals surface area contributed by atoms with E-state index in [1.807, 2.05) is 6.92 Å². The molecule has 0 spiro atoms. The number of sulfonamides is 1. The first kappa shape index (κ1) is 28.6. The highest BCUT2D eigenvalue weighted by Crippen LogP contribution is 2.34. The second-order valence-electron chi connectivity index (χ2n) is 10.00. The van der Waals surface area contributed by atoms with Crippen LogP contribution in [0.1, 0.15) is 50.0 Å². The molecule has 0 aromatic heterocycles. The van der Waals surface area contributed by atoms with E-state index in [-0.39, 0.29) is 47.7 Å². The molecule has 2 aromatic carbocycles. The Morgan fingerprint density at radius 2 is 1.97 bits per heavy atom. The molecule has 200 valence electrons. The summed E-state index contributed by atoms with van der Waals surface area (Å²) < 4.78 is 48.4. The lowest BCUT2D eigenvalue weighted by atomic mass is 10.0. The van der Waals surface area contributed by atoms with E-state index in [2.05, 4.69) is 25.7 Å². The highest BCUT2D eigenvalue weighted by atomic mass is 32.2. The van der Waals surface area contributed by atoms with Crippen LogP contribution in [0.3, 0.4) is 0 Å². The Bertz CT molecular complexity index is 1280. The molecule has 0 radical (unpaired) electrons. The maximum atomic E-state index is 13.7. The van der Waals surface area contributed by atoms with Crippen LogP contribution in [0.25, 0.3) is 0 Å². The zero-order valence-electron chi connectivity index (χ0n) is 21.9. The third kappa shape index (κ3) is 6.89. The Labute approximate surface area is 219 Å². The lowest BCUT2D eigenvalue weighted by Crippen LogP contribution is -2.50. The summed E-state index contributed by atoms with van der Waals surface area (Å²) in [6, 6.07) is 9.55. The van der Waals surface area contributed by atoms with Crippen LogP contribution in [-0.2, 0) is 10.0 Å². The van der Waals surface area contributed by atoms with Crippen molar-refractivity contribution in [3.63, 3.8) is 0 Å². The number of ether oxygens (including phenoxy) is 1. The molecular weight excluding hydrogens is 495 g/mol. The molecule has 37 heavy (non-hydrogen) atoms. The zero-order chi connectivity index (χ0) is 27.3. The normalized spacial score (nSPS) is 20.0. The molecule has 0 saturated carbocycles. The average molecular weight is 531 g/mol. The molecule has 2 aromatic rings. The second kappa shape index (κ2) is 12.1. The minimum absolute atomic E-state index is 0.0155. The van der Waals surface area contributed by atoms with Crippen LogP contribution in [0.5, 0.6) is 5.75 Å². The first-order valence-corrected chi connectivity index (χ1v) is 13.8. The number of benzene rings is 2. The highest BCUT2D eigenvalue weighted by molar-refractivity contribution is 7.89. The molecule has 1 N–H and O–H groups in total. The predicted octanol–water partition coefficient (Wildman–Crippen LogP) is 3.76. The first-order chi connectivity index (χ1) is 17.4. The molecule has 0 unspecified atom stereocenters. The Morgan fingerprint density at radius 1 is 1.24 bits per heavy atom. The fourth-order valence-electron chi connectivity index (χ4n) is 4.07. The van der Waals surface area contributed by atoms with Crippen molar-refractivity contribution in [1.29, 1.82) is 0 Å². The van der Waals surface area contributed by atoms with Gasteiger partial charge in [-0.1, -0.05) is 38.7 Å². The van der Waals surface area contributed by atoms with E-state index in [0.29, 0.717) is 17.9 Å². The minimum Gasteiger partial charge on any atom is -0.487 e. The highest BCUT2D eigenvalue weighted by Gasteiger charge is 2.38. The molecule has 1 aliphatic heterocycles. The van der Waals surface area contributed by atoms with E-state index in [1.165, 1.54) is 33.5 Å². The summed E-state index contributed by atoms with van der Waals surface area (Å²) in [5.41, 5.74) is 0.828. The fraction of sp³-hybridized carbons (Fsp3) is 0.464. The molecule has 0 saturated heterocycles. The van der Waals surface area contributed by atoms with Gasteiger partial charge in [-0.15, -0.1) is 0 Å². The number of aliphatic hydroxyl groups excluding tert-OH is 1. The topological polar surface area (TPSA) is 87.2 Å². The van der Waals surface area contributed by atoms with Crippen LogP contribution in [-0.4, -0.2) is 67.5 Å². The summed E-state index contributed by atoms with van der Waals surface area (Å²) in [6.45, 7) is 7.50. The monoisotopic (exact) mass is 530 g/mol. The number of halogens is 1. The third-order valence-electron chi connectivity index (χ3n) is 6.28. The number of fused-ring (bicyclic) bond motifs is 1. The van der Waals surface area contributed by atoms with E-state index >= 15 is 0 Å². The zero-order valence-corrected chi connectivity index (χ0v) is 22.8. The van der Waals surface area contributed by atoms with Gasteiger partial charge in [0.25, 0.3) is 5.91 Å². The maximum absolute atomic E-state index is 13.7. The van der Waals surface area contributed by atoms with Crippen LogP contribution in [0.4, 0.5) is 4.39 Å². The van der Waals surface area contributed by atoms with Crippen LogP contribution >= 0.6 is 0 Å². The number of nitrogens with zero attached hydrogens (tertiary/aromatic N) is 2. The van der Waals surface area contributed by atoms with Crippen LogP contribution in [0, 0.1) is 29.5 Å². The largest absolute Gasteiger partial charge is 0.487 e. The summed E-state index contributed by atoms with van der Waals surface area (Å²) >= 11 is 0. The van der Waals surface area contributed by atoms with E-state index < -0.39 is 28.0 Å². The number of carbonyl (C=O) groups excluding carboxylic acids is 1. The summed E-state index contributed by atoms with van der Waals surface area (Å²) in [7, 11) is -2.38. The van der Waals surface area contributed by atoms with Crippen molar-refractivity contribution in [2.45, 2.75) is 51.2 Å². The molecule has 9 heteroatoms. The quantitative estimate of drug-likeness (QED) is 0.575. The van der Waals surface area contributed by atoms with Gasteiger partial charge >= 0.3 is 0 Å². The average Bonchev–Trinajstić information content (AvgIpc) is 2.84. The minimum atomic E-state index is -3.98. The van der Waals surface area contributed by atoms with Gasteiger partial charge in [0.1, 0.15) is 22.6 Å². The third-order valence-corrected chi connectivity index (χ3v) is 8.30. The molecule has 0 bridgehead atoms. The lowest BCUT2D eigenvalue weighted by Gasteiger charge is -2.37. The summed E-state index contributed by atoms with van der Waals surface area (Å²) in [5, 5.41) is 9.80. The molecular formula is C28H35FN2O5S. The molecule has 3 rings (SSSR count). The Hall–Kier alpha value is -2.93. The van der Waals surface area contributed by atoms with Crippen LogP contribution in [0.2, 0.25) is 0 Å². The molecule has 0 fully saturated rings. The number of amides is 1. The molecule has 1 amide bonds. The van der Waals surface area contributed by atoms with Gasteiger partial charge < -0.3 is 14.7 Å². The van der Waals surface area contributed by atoms with Crippen molar-refractivity contribution in [2.75, 3.05) is 26.7 Å². The van der Waals surface area contributed by atoms with Crippen molar-refractivity contribution in [3.05, 3.63) is 59.4 Å². The summed E-state index contributed by atoms with van der Waals surface area (Å²) in [6.07, 6.45) is 0.119. The Balaban J connectivity index is 2.00. The van der Waals surface area contributed by atoms with Crippen molar-refractivity contribution in [3.8, 4) is 17.6 Å². The number of hydrogen-bond donors (Lipinski definition) is 1. The number of likely N-dealkylation sites (N-methyl/N-ethyl adjacent to an activating group) is 1. The van der Waals surface area contributed by atoms with Gasteiger partial charge in [-0.25, -0.2) is 12.8 Å². The summed E-state index contributed by atoms with van der Waals surface area (Å²) in [4.78, 5) is 14.4. The molecule has 3 atom stereocenters. The van der Waals surface area contributed by atoms with E-state index in [4.69, 9.17) is 4.74 Å². The van der Waals surface area contributed by atoms with Crippen LogP contribution < -0.4 is 4.74 Å². The lowest BCUT2D eigenvalue weighted by molar-refractivity contribution is 0.0563. The molecule has 0 aliphatic carbocycles. The van der Waals surface area contributed by atoms with Crippen molar-refractivity contribution >= 4 is 15.9 Å². The van der Waals surface area contributed by atoms with Gasteiger partial charge in [0.05, 0.1) is 13.2 Å². The standard InChI is InChI=1S/C28H35FN2O5S/c1-19(2)8-6-9-22-12-13-27-25(14-22)36-26(20(3)16-31(21(4)18-32)37(27,34)35)17-30(5)28(33)23-10-7-11-24(29)15-23/h7,10-15,19-21,26,32H,8,16-18H2,1-5H3/t20-,21+,26+/m0/s1. The number of carbonyl (C=O) groups is 1. The van der Waals surface area contributed by atoms with Crippen molar-refractivity contribution in [1.82, 2.24) is 9.21 Å². The van der Waals surface area contributed by atoms with Gasteiger partial charge in [-0.05, 0) is 49.2 Å². The van der Waals surface area contributed by atoms with Gasteiger partial charge in [-0.2, -0.15) is 4.31 Å². The maximum Gasteiger partial charge on any atom is 0.253 e. The molecule has 1 heterocycles. The second-order valence-corrected chi connectivity index (χ2v) is 11.9. The predicted molar refractivity (Wildman–Crippen MR) is 140 cm³/mol. The van der Waals surface area contributed by atoms with Crippen molar-refractivity contribution < 1.29 is 27.4 Å². The van der Waals surface area contributed by atoms with E-state index in [1.54, 1.807) is 32.2 Å². The Kier molecular flexibility index (Phi) is 9.35. The smallest absolute Gasteiger partial charge is 0.253 e. The van der Waals surface area contributed by atoms with Crippen molar-refractivity contribution in [2.24, 2.45) is 11.8 Å².